The van der Waals surface area contributed by atoms with Crippen LogP contribution in [-0.2, 0) is 29.6 Å². The van der Waals surface area contributed by atoms with Crippen LogP contribution in [0.15, 0.2) is 78.9 Å². The van der Waals surface area contributed by atoms with E-state index < -0.39 is 17.7 Å². The van der Waals surface area contributed by atoms with Crippen LogP contribution in [0.1, 0.15) is 11.4 Å². The Morgan fingerprint density at radius 3 is 2.41 bits per heavy atom. The molecule has 1 aromatic heterocycles. The number of hydroxylamine groups is 1. The first kappa shape index (κ1) is 21.3. The van der Waals surface area contributed by atoms with Crippen LogP contribution < -0.4 is 10.8 Å². The zero-order valence-electron chi connectivity index (χ0n) is 17.7. The molecule has 1 atom stereocenters. The van der Waals surface area contributed by atoms with Crippen molar-refractivity contribution in [2.24, 2.45) is 13.0 Å². The molecule has 7 nitrogen and oxygen atoms in total. The average molecular weight is 428 g/mol. The smallest absolute Gasteiger partial charge is 0.256 e. The monoisotopic (exact) mass is 428 g/mol. The van der Waals surface area contributed by atoms with Gasteiger partial charge in [-0.2, -0.15) is 0 Å². The maximum Gasteiger partial charge on any atom is 0.256 e. The third-order valence-corrected chi connectivity index (χ3v) is 5.51. The van der Waals surface area contributed by atoms with Crippen molar-refractivity contribution in [2.75, 3.05) is 0 Å². The van der Waals surface area contributed by atoms with Crippen LogP contribution in [0.2, 0.25) is 0 Å². The van der Waals surface area contributed by atoms with Gasteiger partial charge in [-0.3, -0.25) is 14.8 Å². The van der Waals surface area contributed by atoms with Crippen molar-refractivity contribution in [3.8, 4) is 11.1 Å². The lowest BCUT2D eigenvalue weighted by molar-refractivity contribution is -0.140. The lowest BCUT2D eigenvalue weighted by Gasteiger charge is -2.15. The van der Waals surface area contributed by atoms with Crippen molar-refractivity contribution in [3.05, 3.63) is 90.3 Å². The molecular weight excluding hydrogens is 404 g/mol. The number of amides is 2. The van der Waals surface area contributed by atoms with Gasteiger partial charge in [-0.25, -0.2) is 10.5 Å². The minimum absolute atomic E-state index is 0.0630. The molecule has 0 spiro atoms. The summed E-state index contributed by atoms with van der Waals surface area (Å²) >= 11 is 0. The molecule has 0 radical (unpaired) electrons. The summed E-state index contributed by atoms with van der Waals surface area (Å²) in [6.07, 6.45) is 0.0630. The number of fused-ring (bicyclic) bond motifs is 1. The zero-order chi connectivity index (χ0) is 22.5. The average Bonchev–Trinajstić information content (AvgIpc) is 3.16. The number of rotatable bonds is 7. The van der Waals surface area contributed by atoms with Crippen molar-refractivity contribution >= 4 is 22.8 Å². The van der Waals surface area contributed by atoms with Crippen molar-refractivity contribution < 1.29 is 14.8 Å². The number of carbonyl (C=O) groups is 2. The van der Waals surface area contributed by atoms with Crippen LogP contribution in [0.4, 0.5) is 0 Å². The Labute approximate surface area is 185 Å². The molecule has 1 unspecified atom stereocenters. The Morgan fingerprint density at radius 2 is 1.66 bits per heavy atom. The Morgan fingerprint density at radius 1 is 0.938 bits per heavy atom. The fraction of sp³-hybridized carbons (Fsp3) is 0.160. The highest BCUT2D eigenvalue weighted by molar-refractivity contribution is 6.00. The third kappa shape index (κ3) is 4.53. The van der Waals surface area contributed by atoms with E-state index in [0.717, 1.165) is 27.7 Å². The van der Waals surface area contributed by atoms with Crippen LogP contribution >= 0.6 is 0 Å². The van der Waals surface area contributed by atoms with Crippen molar-refractivity contribution in [3.63, 3.8) is 0 Å². The second-order valence-electron chi connectivity index (χ2n) is 7.59. The molecule has 0 aliphatic heterocycles. The first-order valence-corrected chi connectivity index (χ1v) is 10.3. The van der Waals surface area contributed by atoms with Crippen molar-refractivity contribution in [2.45, 2.75) is 13.0 Å². The molecule has 162 valence electrons. The predicted molar refractivity (Wildman–Crippen MR) is 122 cm³/mol. The van der Waals surface area contributed by atoms with Gasteiger partial charge in [0.1, 0.15) is 11.7 Å². The van der Waals surface area contributed by atoms with Gasteiger partial charge < -0.3 is 9.88 Å². The van der Waals surface area contributed by atoms with Gasteiger partial charge in [-0.05, 0) is 34.9 Å². The van der Waals surface area contributed by atoms with E-state index in [4.69, 9.17) is 0 Å². The topological polar surface area (TPSA) is 96.3 Å². The fourth-order valence-corrected chi connectivity index (χ4v) is 3.75. The maximum atomic E-state index is 12.9. The standard InChI is InChI=1S/C25H24N4O3/c1-29-22-13-6-5-12-21(22)27-23(29)15-20(25(31)28-32)24(30)26-16-17-8-7-11-19(14-17)18-9-3-2-4-10-18/h2-14,20,32H,15-16H2,1H3,(H,26,30)(H,28,31). The molecule has 0 saturated carbocycles. The van der Waals surface area contributed by atoms with Crippen LogP contribution in [0.5, 0.6) is 0 Å². The molecule has 0 bridgehead atoms. The number of carbonyl (C=O) groups excluding carboxylic acids is 2. The lowest BCUT2D eigenvalue weighted by Crippen LogP contribution is -2.41. The molecule has 0 aliphatic rings. The van der Waals surface area contributed by atoms with E-state index in [1.54, 1.807) is 5.48 Å². The van der Waals surface area contributed by atoms with E-state index in [9.17, 15) is 14.8 Å². The summed E-state index contributed by atoms with van der Waals surface area (Å²) in [6.45, 7) is 0.261. The SMILES string of the molecule is Cn1c(CC(C(=O)NO)C(=O)NCc2cccc(-c3ccccc3)c2)nc2ccccc21. The molecular formula is C25H24N4O3. The summed E-state index contributed by atoms with van der Waals surface area (Å²) in [4.78, 5) is 29.7. The van der Waals surface area contributed by atoms with Crippen LogP contribution in [-0.4, -0.2) is 26.6 Å². The highest BCUT2D eigenvalue weighted by Crippen LogP contribution is 2.20. The first-order valence-electron chi connectivity index (χ1n) is 10.3. The summed E-state index contributed by atoms with van der Waals surface area (Å²) in [5.74, 6) is -1.78. The van der Waals surface area contributed by atoms with Crippen LogP contribution in [0, 0.1) is 5.92 Å². The maximum absolute atomic E-state index is 12.9. The number of hydrogen-bond donors (Lipinski definition) is 3. The van der Waals surface area contributed by atoms with E-state index in [1.807, 2.05) is 90.5 Å². The second kappa shape index (κ2) is 9.45. The van der Waals surface area contributed by atoms with Gasteiger partial charge in [0, 0.05) is 20.0 Å². The molecule has 32 heavy (non-hydrogen) atoms. The number of imidazole rings is 1. The summed E-state index contributed by atoms with van der Waals surface area (Å²) in [7, 11) is 1.84. The number of aromatic nitrogens is 2. The van der Waals surface area contributed by atoms with Gasteiger partial charge in [0.05, 0.1) is 11.0 Å². The minimum Gasteiger partial charge on any atom is -0.351 e. The Bertz CT molecular complexity index is 1250. The number of benzene rings is 3. The van der Waals surface area contributed by atoms with E-state index in [2.05, 4.69) is 10.3 Å². The zero-order valence-corrected chi connectivity index (χ0v) is 17.7. The predicted octanol–water partition coefficient (Wildman–Crippen LogP) is 3.22. The quantitative estimate of drug-likeness (QED) is 0.239. The van der Waals surface area contributed by atoms with Gasteiger partial charge >= 0.3 is 0 Å². The molecule has 1 heterocycles. The lowest BCUT2D eigenvalue weighted by atomic mass is 10.0. The molecule has 4 aromatic rings. The molecule has 3 aromatic carbocycles. The van der Waals surface area contributed by atoms with E-state index in [1.165, 1.54) is 0 Å². The molecule has 2 amide bonds. The van der Waals surface area contributed by atoms with Crippen LogP contribution in [0.3, 0.4) is 0 Å². The van der Waals surface area contributed by atoms with Gasteiger partial charge in [0.2, 0.25) is 5.91 Å². The first-order chi connectivity index (χ1) is 15.6. The van der Waals surface area contributed by atoms with Gasteiger partial charge in [-0.15, -0.1) is 0 Å². The highest BCUT2D eigenvalue weighted by Gasteiger charge is 2.28. The summed E-state index contributed by atoms with van der Waals surface area (Å²) in [5.41, 5.74) is 6.34. The van der Waals surface area contributed by atoms with Crippen LogP contribution in [0.25, 0.3) is 22.2 Å². The largest absolute Gasteiger partial charge is 0.351 e. The number of para-hydroxylation sites is 2. The molecule has 7 heteroatoms. The molecule has 0 fully saturated rings. The minimum atomic E-state index is -1.12. The fourth-order valence-electron chi connectivity index (χ4n) is 3.75. The summed E-state index contributed by atoms with van der Waals surface area (Å²) in [5, 5.41) is 12.0. The summed E-state index contributed by atoms with van der Waals surface area (Å²) < 4.78 is 1.85. The van der Waals surface area contributed by atoms with Gasteiger partial charge in [0.25, 0.3) is 5.91 Å². The Kier molecular flexibility index (Phi) is 6.28. The summed E-state index contributed by atoms with van der Waals surface area (Å²) in [6, 6.07) is 25.4. The van der Waals surface area contributed by atoms with Crippen molar-refractivity contribution in [1.82, 2.24) is 20.3 Å². The second-order valence-corrected chi connectivity index (χ2v) is 7.59. The molecule has 4 rings (SSSR count). The number of aryl methyl sites for hydroxylation is 1. The Hall–Kier alpha value is -3.97. The van der Waals surface area contributed by atoms with E-state index >= 15 is 0 Å². The molecule has 0 saturated heterocycles. The third-order valence-electron chi connectivity index (χ3n) is 5.51. The number of nitrogens with one attached hydrogen (secondary N) is 2. The van der Waals surface area contributed by atoms with Gasteiger partial charge in [0.15, 0.2) is 0 Å². The van der Waals surface area contributed by atoms with Gasteiger partial charge in [-0.1, -0.05) is 60.7 Å². The number of hydrogen-bond acceptors (Lipinski definition) is 4. The van der Waals surface area contributed by atoms with E-state index in [-0.39, 0.29) is 13.0 Å². The molecule has 0 aliphatic carbocycles. The Balaban J connectivity index is 1.49. The highest BCUT2D eigenvalue weighted by atomic mass is 16.5. The van der Waals surface area contributed by atoms with Crippen molar-refractivity contribution in [1.29, 1.82) is 0 Å². The number of nitrogens with zero attached hydrogens (tertiary/aromatic N) is 2. The molecule has 3 N–H and O–H groups in total. The normalized spacial score (nSPS) is 11.8. The van der Waals surface area contributed by atoms with E-state index in [0.29, 0.717) is 5.82 Å².